The molecule has 8 heteroatoms. The Morgan fingerprint density at radius 1 is 1.19 bits per heavy atom. The predicted octanol–water partition coefficient (Wildman–Crippen LogP) is 2.32. The summed E-state index contributed by atoms with van der Waals surface area (Å²) in [5.41, 5.74) is 0.229. The molecule has 0 saturated carbocycles. The van der Waals surface area contributed by atoms with Gasteiger partial charge < -0.3 is 4.74 Å². The minimum atomic E-state index is -3.76. The maximum atomic E-state index is 12.1. The molecule has 0 amide bonds. The van der Waals surface area contributed by atoms with E-state index in [-0.39, 0.29) is 16.3 Å². The van der Waals surface area contributed by atoms with Crippen LogP contribution in [0.15, 0.2) is 47.5 Å². The molecule has 2 rings (SSSR count). The highest BCUT2D eigenvalue weighted by Gasteiger charge is 2.15. The van der Waals surface area contributed by atoms with Crippen LogP contribution in [0.3, 0.4) is 0 Å². The van der Waals surface area contributed by atoms with E-state index in [1.54, 1.807) is 0 Å². The number of pyridine rings is 1. The lowest BCUT2D eigenvalue weighted by molar-refractivity contribution is 0.0600. The van der Waals surface area contributed by atoms with Gasteiger partial charge in [0, 0.05) is 11.2 Å². The molecule has 0 atom stereocenters. The molecule has 0 aliphatic carbocycles. The van der Waals surface area contributed by atoms with Crippen LogP contribution in [0.5, 0.6) is 0 Å². The number of hydrogen-bond acceptors (Lipinski definition) is 5. The second-order valence-corrected chi connectivity index (χ2v) is 6.10. The average Bonchev–Trinajstić information content (AvgIpc) is 2.47. The van der Waals surface area contributed by atoms with Gasteiger partial charge in [0.05, 0.1) is 17.6 Å². The molecule has 1 aromatic carbocycles. The van der Waals surface area contributed by atoms with Crippen LogP contribution in [0.1, 0.15) is 10.4 Å². The van der Waals surface area contributed by atoms with E-state index in [9.17, 15) is 13.2 Å². The van der Waals surface area contributed by atoms with Gasteiger partial charge in [-0.2, -0.15) is 0 Å². The zero-order valence-electron chi connectivity index (χ0n) is 10.9. The Kier molecular flexibility index (Phi) is 4.44. The molecule has 1 heterocycles. The summed E-state index contributed by atoms with van der Waals surface area (Å²) < 4.78 is 31.0. The number of benzene rings is 1. The maximum Gasteiger partial charge on any atom is 0.339 e. The summed E-state index contributed by atoms with van der Waals surface area (Å²) in [4.78, 5) is 15.2. The van der Waals surface area contributed by atoms with E-state index in [2.05, 4.69) is 14.4 Å². The van der Waals surface area contributed by atoms with Gasteiger partial charge in [-0.1, -0.05) is 11.6 Å². The summed E-state index contributed by atoms with van der Waals surface area (Å²) in [6.07, 6.45) is 1.23. The number of hydrogen-bond donors (Lipinski definition) is 1. The van der Waals surface area contributed by atoms with Crippen molar-refractivity contribution in [1.82, 2.24) is 4.98 Å². The lowest BCUT2D eigenvalue weighted by Crippen LogP contribution is -2.14. The standard InChI is InChI=1S/C13H11ClN2O4S/c1-20-13(17)9-2-7-12(15-8-9)16-21(18,19)11-5-3-10(14)4-6-11/h2-8H,1H3,(H,15,16). The van der Waals surface area contributed by atoms with E-state index in [4.69, 9.17) is 11.6 Å². The molecule has 0 unspecified atom stereocenters. The summed E-state index contributed by atoms with van der Waals surface area (Å²) in [6, 6.07) is 8.51. The highest BCUT2D eigenvalue weighted by molar-refractivity contribution is 7.92. The van der Waals surface area contributed by atoms with Crippen molar-refractivity contribution in [3.05, 3.63) is 53.2 Å². The number of carbonyl (C=O) groups excluding carboxylic acids is 1. The number of nitrogens with one attached hydrogen (secondary N) is 1. The predicted molar refractivity (Wildman–Crippen MR) is 77.8 cm³/mol. The molecular formula is C13H11ClN2O4S. The molecule has 0 radical (unpaired) electrons. The molecule has 6 nitrogen and oxygen atoms in total. The number of rotatable bonds is 4. The van der Waals surface area contributed by atoms with Gasteiger partial charge in [-0.25, -0.2) is 18.2 Å². The molecule has 0 bridgehead atoms. The van der Waals surface area contributed by atoms with Crippen molar-refractivity contribution in [2.24, 2.45) is 0 Å². The molecule has 0 aliphatic heterocycles. The molecule has 110 valence electrons. The Morgan fingerprint density at radius 2 is 1.86 bits per heavy atom. The molecule has 0 fully saturated rings. The number of esters is 1. The zero-order chi connectivity index (χ0) is 15.5. The van der Waals surface area contributed by atoms with E-state index in [0.29, 0.717) is 5.02 Å². The highest BCUT2D eigenvalue weighted by atomic mass is 35.5. The smallest absolute Gasteiger partial charge is 0.339 e. The zero-order valence-corrected chi connectivity index (χ0v) is 12.5. The van der Waals surface area contributed by atoms with Crippen molar-refractivity contribution in [3.63, 3.8) is 0 Å². The Labute approximate surface area is 126 Å². The summed E-state index contributed by atoms with van der Waals surface area (Å²) >= 11 is 5.71. The maximum absolute atomic E-state index is 12.1. The fourth-order valence-corrected chi connectivity index (χ4v) is 2.64. The second kappa shape index (κ2) is 6.11. The second-order valence-electron chi connectivity index (χ2n) is 3.98. The molecule has 1 N–H and O–H groups in total. The fraction of sp³-hybridized carbons (Fsp3) is 0.0769. The molecule has 0 aliphatic rings. The van der Waals surface area contributed by atoms with Crippen LogP contribution in [0.2, 0.25) is 5.02 Å². The lowest BCUT2D eigenvalue weighted by Gasteiger charge is -2.07. The number of sulfonamides is 1. The van der Waals surface area contributed by atoms with Gasteiger partial charge in [0.2, 0.25) is 0 Å². The third kappa shape index (κ3) is 3.71. The summed E-state index contributed by atoms with van der Waals surface area (Å²) in [5.74, 6) is -0.452. The molecular weight excluding hydrogens is 316 g/mol. The van der Waals surface area contributed by atoms with Gasteiger partial charge in [0.25, 0.3) is 10.0 Å². The monoisotopic (exact) mass is 326 g/mol. The van der Waals surface area contributed by atoms with Gasteiger partial charge in [-0.15, -0.1) is 0 Å². The van der Waals surface area contributed by atoms with Crippen LogP contribution >= 0.6 is 11.6 Å². The van der Waals surface area contributed by atoms with Crippen LogP contribution in [0.4, 0.5) is 5.82 Å². The molecule has 0 spiro atoms. The van der Waals surface area contributed by atoms with Crippen LogP contribution < -0.4 is 4.72 Å². The molecule has 2 aromatic rings. The average molecular weight is 327 g/mol. The van der Waals surface area contributed by atoms with Gasteiger partial charge in [0.1, 0.15) is 5.82 Å². The quantitative estimate of drug-likeness (QED) is 0.871. The number of halogens is 1. The van der Waals surface area contributed by atoms with E-state index in [0.717, 1.165) is 0 Å². The lowest BCUT2D eigenvalue weighted by atomic mass is 10.3. The van der Waals surface area contributed by atoms with Gasteiger partial charge in [0.15, 0.2) is 0 Å². The highest BCUT2D eigenvalue weighted by Crippen LogP contribution is 2.17. The summed E-state index contributed by atoms with van der Waals surface area (Å²) in [5, 5.41) is 0.439. The SMILES string of the molecule is COC(=O)c1ccc(NS(=O)(=O)c2ccc(Cl)cc2)nc1. The summed E-state index contributed by atoms with van der Waals surface area (Å²) in [7, 11) is -2.51. The van der Waals surface area contributed by atoms with Crippen LogP contribution in [0.25, 0.3) is 0 Å². The molecule has 0 saturated heterocycles. The molecule has 21 heavy (non-hydrogen) atoms. The number of aromatic nitrogens is 1. The van der Waals surface area contributed by atoms with Crippen molar-refractivity contribution in [1.29, 1.82) is 0 Å². The number of nitrogens with zero attached hydrogens (tertiary/aromatic N) is 1. The molecule has 1 aromatic heterocycles. The summed E-state index contributed by atoms with van der Waals surface area (Å²) in [6.45, 7) is 0. The number of carbonyl (C=O) groups is 1. The number of anilines is 1. The Balaban J connectivity index is 2.20. The minimum absolute atomic E-state index is 0.0609. The number of methoxy groups -OCH3 is 1. The minimum Gasteiger partial charge on any atom is -0.465 e. The number of ether oxygens (including phenoxy) is 1. The Bertz CT molecular complexity index is 743. The van der Waals surface area contributed by atoms with Crippen molar-refractivity contribution < 1.29 is 17.9 Å². The first kappa shape index (κ1) is 15.3. The third-order valence-corrected chi connectivity index (χ3v) is 4.17. The van der Waals surface area contributed by atoms with Crippen LogP contribution in [-0.4, -0.2) is 26.5 Å². The van der Waals surface area contributed by atoms with E-state index in [1.165, 1.54) is 49.7 Å². The first-order valence-corrected chi connectivity index (χ1v) is 7.61. The fourth-order valence-electron chi connectivity index (χ4n) is 1.50. The van der Waals surface area contributed by atoms with E-state index in [1.807, 2.05) is 0 Å². The van der Waals surface area contributed by atoms with Gasteiger partial charge in [-0.05, 0) is 36.4 Å². The van der Waals surface area contributed by atoms with Crippen molar-refractivity contribution in [2.75, 3.05) is 11.8 Å². The first-order chi connectivity index (χ1) is 9.92. The van der Waals surface area contributed by atoms with Crippen LogP contribution in [-0.2, 0) is 14.8 Å². The van der Waals surface area contributed by atoms with Gasteiger partial charge >= 0.3 is 5.97 Å². The van der Waals surface area contributed by atoms with Crippen molar-refractivity contribution in [2.45, 2.75) is 4.90 Å². The van der Waals surface area contributed by atoms with Crippen molar-refractivity contribution in [3.8, 4) is 0 Å². The largest absolute Gasteiger partial charge is 0.465 e. The Hall–Kier alpha value is -2.12. The van der Waals surface area contributed by atoms with E-state index >= 15 is 0 Å². The van der Waals surface area contributed by atoms with Crippen LogP contribution in [0, 0.1) is 0 Å². The third-order valence-electron chi connectivity index (χ3n) is 2.55. The Morgan fingerprint density at radius 3 is 2.38 bits per heavy atom. The van der Waals surface area contributed by atoms with E-state index < -0.39 is 16.0 Å². The van der Waals surface area contributed by atoms with Crippen molar-refractivity contribution >= 4 is 33.4 Å². The first-order valence-electron chi connectivity index (χ1n) is 5.75. The topological polar surface area (TPSA) is 85.4 Å². The van der Waals surface area contributed by atoms with Gasteiger partial charge in [-0.3, -0.25) is 4.72 Å². The normalized spacial score (nSPS) is 11.0.